The van der Waals surface area contributed by atoms with Gasteiger partial charge in [0.15, 0.2) is 11.6 Å². The van der Waals surface area contributed by atoms with E-state index in [1.807, 2.05) is 30.3 Å². The van der Waals surface area contributed by atoms with E-state index >= 15 is 0 Å². The van der Waals surface area contributed by atoms with Crippen molar-refractivity contribution < 1.29 is 9.34 Å². The number of nitrogens with zero attached hydrogens (tertiary/aromatic N) is 2. The Hall–Kier alpha value is -3.15. The van der Waals surface area contributed by atoms with Gasteiger partial charge in [0.2, 0.25) is 5.89 Å². The molecule has 0 unspecified atom stereocenters. The van der Waals surface area contributed by atoms with Gasteiger partial charge in [-0.2, -0.15) is 4.98 Å². The summed E-state index contributed by atoms with van der Waals surface area (Å²) in [6, 6.07) is 15.4. The maximum Gasteiger partial charge on any atom is 0.269 e. The smallest absolute Gasteiger partial charge is 0.269 e. The van der Waals surface area contributed by atoms with E-state index in [9.17, 15) is 10.1 Å². The number of anilines is 1. The average molecular weight is 281 g/mol. The lowest BCUT2D eigenvalue weighted by Gasteiger charge is -1.97. The van der Waals surface area contributed by atoms with Gasteiger partial charge in [-0.1, -0.05) is 30.3 Å². The summed E-state index contributed by atoms with van der Waals surface area (Å²) in [5.74, 6) is 1.11. The molecule has 0 atom stereocenters. The summed E-state index contributed by atoms with van der Waals surface area (Å²) in [7, 11) is 0. The number of hydrogen-bond donors (Lipinski definition) is 1. The van der Waals surface area contributed by atoms with Crippen molar-refractivity contribution in [3.05, 3.63) is 64.7 Å². The molecule has 0 aliphatic heterocycles. The van der Waals surface area contributed by atoms with Gasteiger partial charge in [-0.15, -0.1) is 0 Å². The van der Waals surface area contributed by atoms with Crippen LogP contribution in [0.25, 0.3) is 22.8 Å². The molecule has 6 heteroatoms. The van der Waals surface area contributed by atoms with E-state index in [-0.39, 0.29) is 11.5 Å². The molecule has 0 bridgehead atoms. The van der Waals surface area contributed by atoms with Crippen molar-refractivity contribution in [2.75, 3.05) is 5.73 Å². The molecule has 2 N–H and O–H groups in total. The summed E-state index contributed by atoms with van der Waals surface area (Å²) in [6.07, 6.45) is 0. The van der Waals surface area contributed by atoms with Crippen molar-refractivity contribution >= 4 is 11.5 Å². The standard InChI is InChI=1S/C15H11N3O3/c16-14-13(10-4-2-1-3-5-10)21-15(17-14)11-6-8-12(9-7-11)18(19)20/h1-9H,16H2. The van der Waals surface area contributed by atoms with Crippen LogP contribution in [0.15, 0.2) is 59.0 Å². The normalized spacial score (nSPS) is 10.5. The molecule has 1 aromatic heterocycles. The number of benzene rings is 2. The average Bonchev–Trinajstić information content (AvgIpc) is 2.90. The Kier molecular flexibility index (Phi) is 3.12. The molecular formula is C15H11N3O3. The first-order chi connectivity index (χ1) is 10.1. The first kappa shape index (κ1) is 12.9. The Balaban J connectivity index is 1.99. The minimum absolute atomic E-state index is 0.0153. The highest BCUT2D eigenvalue weighted by Gasteiger charge is 2.14. The largest absolute Gasteiger partial charge is 0.434 e. The van der Waals surface area contributed by atoms with E-state index in [1.54, 1.807) is 12.1 Å². The fraction of sp³-hybridized carbons (Fsp3) is 0. The van der Waals surface area contributed by atoms with Gasteiger partial charge in [0.05, 0.1) is 4.92 Å². The van der Waals surface area contributed by atoms with Crippen molar-refractivity contribution in [1.29, 1.82) is 0 Å². The monoisotopic (exact) mass is 281 g/mol. The topological polar surface area (TPSA) is 95.2 Å². The molecule has 0 saturated carbocycles. The lowest BCUT2D eigenvalue weighted by Crippen LogP contribution is -1.88. The maximum absolute atomic E-state index is 10.6. The molecule has 2 aromatic carbocycles. The lowest BCUT2D eigenvalue weighted by atomic mass is 10.2. The number of nitrogens with two attached hydrogens (primary N) is 1. The molecular weight excluding hydrogens is 270 g/mol. The fourth-order valence-electron chi connectivity index (χ4n) is 1.98. The zero-order valence-corrected chi connectivity index (χ0v) is 10.9. The summed E-state index contributed by atoms with van der Waals surface area (Å²) in [4.78, 5) is 14.4. The number of nitrogen functional groups attached to an aromatic ring is 1. The van der Waals surface area contributed by atoms with Crippen LogP contribution in [-0.4, -0.2) is 9.91 Å². The van der Waals surface area contributed by atoms with E-state index < -0.39 is 4.92 Å². The maximum atomic E-state index is 10.6. The second kappa shape index (κ2) is 5.09. The van der Waals surface area contributed by atoms with Crippen LogP contribution in [0.5, 0.6) is 0 Å². The van der Waals surface area contributed by atoms with E-state index in [1.165, 1.54) is 12.1 Å². The van der Waals surface area contributed by atoms with E-state index in [4.69, 9.17) is 10.2 Å². The summed E-state index contributed by atoms with van der Waals surface area (Å²) >= 11 is 0. The van der Waals surface area contributed by atoms with Gasteiger partial charge in [0.1, 0.15) is 0 Å². The molecule has 0 aliphatic carbocycles. The third kappa shape index (κ3) is 2.46. The molecule has 0 amide bonds. The van der Waals surface area contributed by atoms with Crippen LogP contribution in [0.1, 0.15) is 0 Å². The number of aromatic nitrogens is 1. The van der Waals surface area contributed by atoms with E-state index in [0.717, 1.165) is 5.56 Å². The SMILES string of the molecule is Nc1nc(-c2ccc([N+](=O)[O-])cc2)oc1-c1ccccc1. The zero-order chi connectivity index (χ0) is 14.8. The predicted molar refractivity (Wildman–Crippen MR) is 78.4 cm³/mol. The van der Waals surface area contributed by atoms with Crippen LogP contribution in [0.3, 0.4) is 0 Å². The molecule has 0 saturated heterocycles. The van der Waals surface area contributed by atoms with Gasteiger partial charge in [0, 0.05) is 23.3 Å². The van der Waals surface area contributed by atoms with E-state index in [2.05, 4.69) is 4.98 Å². The molecule has 104 valence electrons. The van der Waals surface area contributed by atoms with Crippen LogP contribution in [-0.2, 0) is 0 Å². The number of rotatable bonds is 3. The van der Waals surface area contributed by atoms with Gasteiger partial charge in [-0.25, -0.2) is 0 Å². The van der Waals surface area contributed by atoms with Crippen LogP contribution >= 0.6 is 0 Å². The summed E-state index contributed by atoms with van der Waals surface area (Å²) in [5.41, 5.74) is 7.35. The van der Waals surface area contributed by atoms with Crippen molar-refractivity contribution in [2.45, 2.75) is 0 Å². The fourth-order valence-corrected chi connectivity index (χ4v) is 1.98. The number of nitro groups is 1. The third-order valence-electron chi connectivity index (χ3n) is 3.01. The Morgan fingerprint density at radius 3 is 2.29 bits per heavy atom. The minimum Gasteiger partial charge on any atom is -0.434 e. The summed E-state index contributed by atoms with van der Waals surface area (Å²) < 4.78 is 5.68. The van der Waals surface area contributed by atoms with Crippen molar-refractivity contribution in [3.63, 3.8) is 0 Å². The highest BCUT2D eigenvalue weighted by molar-refractivity contribution is 5.71. The zero-order valence-electron chi connectivity index (χ0n) is 10.9. The Bertz CT molecular complexity index is 780. The number of nitro benzene ring substituents is 1. The van der Waals surface area contributed by atoms with E-state index in [0.29, 0.717) is 17.2 Å². The van der Waals surface area contributed by atoms with Gasteiger partial charge in [-0.3, -0.25) is 10.1 Å². The van der Waals surface area contributed by atoms with Crippen LogP contribution in [0.2, 0.25) is 0 Å². The highest BCUT2D eigenvalue weighted by Crippen LogP contribution is 2.31. The van der Waals surface area contributed by atoms with Crippen molar-refractivity contribution in [3.8, 4) is 22.8 Å². The number of non-ortho nitro benzene ring substituents is 1. The Labute approximate surface area is 120 Å². The highest BCUT2D eigenvalue weighted by atomic mass is 16.6. The number of hydrogen-bond acceptors (Lipinski definition) is 5. The third-order valence-corrected chi connectivity index (χ3v) is 3.01. The van der Waals surface area contributed by atoms with Crippen LogP contribution < -0.4 is 5.73 Å². The number of oxazole rings is 1. The molecule has 3 aromatic rings. The van der Waals surface area contributed by atoms with Crippen LogP contribution in [0, 0.1) is 10.1 Å². The molecule has 6 nitrogen and oxygen atoms in total. The first-order valence-electron chi connectivity index (χ1n) is 6.21. The lowest BCUT2D eigenvalue weighted by molar-refractivity contribution is -0.384. The summed E-state index contributed by atoms with van der Waals surface area (Å²) in [6.45, 7) is 0. The van der Waals surface area contributed by atoms with Gasteiger partial charge in [-0.05, 0) is 12.1 Å². The Morgan fingerprint density at radius 2 is 1.67 bits per heavy atom. The molecule has 21 heavy (non-hydrogen) atoms. The molecule has 0 radical (unpaired) electrons. The second-order valence-corrected chi connectivity index (χ2v) is 4.40. The molecule has 0 spiro atoms. The molecule has 1 heterocycles. The molecule has 0 aliphatic rings. The van der Waals surface area contributed by atoms with Gasteiger partial charge in [0.25, 0.3) is 5.69 Å². The van der Waals surface area contributed by atoms with Crippen molar-refractivity contribution in [1.82, 2.24) is 4.98 Å². The quantitative estimate of drug-likeness (QED) is 0.585. The minimum atomic E-state index is -0.455. The molecule has 0 fully saturated rings. The van der Waals surface area contributed by atoms with Crippen molar-refractivity contribution in [2.24, 2.45) is 0 Å². The van der Waals surface area contributed by atoms with Crippen LogP contribution in [0.4, 0.5) is 11.5 Å². The Morgan fingerprint density at radius 1 is 1.00 bits per heavy atom. The molecule has 3 rings (SSSR count). The van der Waals surface area contributed by atoms with Gasteiger partial charge < -0.3 is 10.2 Å². The predicted octanol–water partition coefficient (Wildman–Crippen LogP) is 3.50. The van der Waals surface area contributed by atoms with Gasteiger partial charge >= 0.3 is 0 Å². The summed E-state index contributed by atoms with van der Waals surface area (Å²) in [5, 5.41) is 10.6. The first-order valence-corrected chi connectivity index (χ1v) is 6.21. The second-order valence-electron chi connectivity index (χ2n) is 4.40.